The molecule has 2 aliphatic heterocycles. The Morgan fingerprint density at radius 3 is 2.74 bits per heavy atom. The zero-order valence-electron chi connectivity index (χ0n) is 20.8. The van der Waals surface area contributed by atoms with E-state index in [1.165, 1.54) is 58.0 Å². The molecule has 5 fully saturated rings. The lowest BCUT2D eigenvalue weighted by Gasteiger charge is -2.66. The monoisotopic (exact) mass is 468 g/mol. The molecule has 6 atom stereocenters. The summed E-state index contributed by atoms with van der Waals surface area (Å²) in [5.41, 5.74) is 4.56. The number of carbonyl (C=O) groups excluding carboxylic acids is 1. The van der Waals surface area contributed by atoms with Gasteiger partial charge in [-0.3, -0.25) is 9.69 Å². The number of ether oxygens (including phenoxy) is 1. The number of benzene rings is 2. The Kier molecular flexibility index (Phi) is 4.24. The van der Waals surface area contributed by atoms with Gasteiger partial charge in [0.1, 0.15) is 5.75 Å². The van der Waals surface area contributed by atoms with Crippen molar-refractivity contribution < 1.29 is 9.53 Å². The van der Waals surface area contributed by atoms with E-state index in [0.29, 0.717) is 29.3 Å². The van der Waals surface area contributed by atoms with Gasteiger partial charge in [-0.2, -0.15) is 0 Å². The lowest BCUT2D eigenvalue weighted by Crippen LogP contribution is -2.69. The molecule has 4 nitrogen and oxygen atoms in total. The Labute approximate surface area is 208 Å². The Morgan fingerprint density at radius 1 is 1.09 bits per heavy atom. The molecule has 0 aromatic heterocycles. The van der Waals surface area contributed by atoms with Crippen LogP contribution >= 0.6 is 0 Å². The van der Waals surface area contributed by atoms with Crippen LogP contribution in [-0.4, -0.2) is 54.5 Å². The average Bonchev–Trinajstić information content (AvgIpc) is 3.59. The molecule has 4 bridgehead atoms. The van der Waals surface area contributed by atoms with Gasteiger partial charge in [-0.1, -0.05) is 24.3 Å². The SMILES string of the molecule is COc1ccc2c(c1)C13CCN(CC4CC4)C(C2)C12CCC1C3[C@H](CN1C(=O)c1ccccc1)C2. The maximum atomic E-state index is 13.7. The number of nitrogens with zero attached hydrogens (tertiary/aromatic N) is 2. The highest BCUT2D eigenvalue weighted by Gasteiger charge is 2.76. The fraction of sp³-hybridized carbons (Fsp3) is 0.581. The second-order valence-electron chi connectivity index (χ2n) is 12.5. The van der Waals surface area contributed by atoms with Crippen molar-refractivity contribution in [3.8, 4) is 5.75 Å². The third kappa shape index (κ3) is 2.59. The van der Waals surface area contributed by atoms with Crippen LogP contribution in [0.15, 0.2) is 48.5 Å². The predicted molar refractivity (Wildman–Crippen MR) is 136 cm³/mol. The van der Waals surface area contributed by atoms with E-state index < -0.39 is 0 Å². The number of amides is 1. The summed E-state index contributed by atoms with van der Waals surface area (Å²) in [7, 11) is 1.80. The number of carbonyl (C=O) groups is 1. The molecule has 1 amide bonds. The van der Waals surface area contributed by atoms with Gasteiger partial charge in [0.2, 0.25) is 0 Å². The molecule has 2 heterocycles. The van der Waals surface area contributed by atoms with Crippen LogP contribution in [0.5, 0.6) is 5.75 Å². The normalized spacial score (nSPS) is 38.7. The summed E-state index contributed by atoms with van der Waals surface area (Å²) in [6.45, 7) is 3.48. The van der Waals surface area contributed by atoms with Gasteiger partial charge in [-0.05, 0) is 110 Å². The minimum absolute atomic E-state index is 0.194. The van der Waals surface area contributed by atoms with Gasteiger partial charge in [0.05, 0.1) is 7.11 Å². The van der Waals surface area contributed by atoms with E-state index in [1.807, 2.05) is 30.3 Å². The molecule has 0 spiro atoms. The largest absolute Gasteiger partial charge is 0.497 e. The van der Waals surface area contributed by atoms with Gasteiger partial charge in [-0.15, -0.1) is 0 Å². The number of piperidine rings is 1. The zero-order chi connectivity index (χ0) is 23.4. The van der Waals surface area contributed by atoms with Crippen LogP contribution in [0.2, 0.25) is 0 Å². The fourth-order valence-corrected chi connectivity index (χ4v) is 10.0. The van der Waals surface area contributed by atoms with Crippen LogP contribution < -0.4 is 4.74 Å². The summed E-state index contributed by atoms with van der Waals surface area (Å²) >= 11 is 0. The number of hydrogen-bond donors (Lipinski definition) is 0. The minimum Gasteiger partial charge on any atom is -0.497 e. The number of hydrogen-bond acceptors (Lipinski definition) is 3. The van der Waals surface area contributed by atoms with Crippen LogP contribution in [0.25, 0.3) is 0 Å². The van der Waals surface area contributed by atoms with Crippen LogP contribution in [-0.2, 0) is 11.8 Å². The highest BCUT2D eigenvalue weighted by molar-refractivity contribution is 5.94. The lowest BCUT2D eigenvalue weighted by atomic mass is 9.43. The van der Waals surface area contributed by atoms with Crippen molar-refractivity contribution in [2.24, 2.45) is 23.2 Å². The van der Waals surface area contributed by atoms with Crippen molar-refractivity contribution in [1.82, 2.24) is 9.80 Å². The number of rotatable bonds is 4. The van der Waals surface area contributed by atoms with Gasteiger partial charge in [0.25, 0.3) is 5.91 Å². The molecule has 6 aliphatic rings. The van der Waals surface area contributed by atoms with Crippen LogP contribution in [0.4, 0.5) is 0 Å². The molecule has 3 saturated carbocycles. The van der Waals surface area contributed by atoms with E-state index in [0.717, 1.165) is 23.8 Å². The van der Waals surface area contributed by atoms with Crippen molar-refractivity contribution in [2.75, 3.05) is 26.7 Å². The second kappa shape index (κ2) is 7.12. The van der Waals surface area contributed by atoms with Crippen LogP contribution in [0.3, 0.4) is 0 Å². The highest BCUT2D eigenvalue weighted by Crippen LogP contribution is 2.75. The molecule has 182 valence electrons. The predicted octanol–water partition coefficient (Wildman–Crippen LogP) is 4.91. The molecule has 35 heavy (non-hydrogen) atoms. The standard InChI is InChI=1S/C31H36N2O2/c1-35-24-10-9-22-15-27-30-12-11-26-28(23(17-30)19-33(26)29(34)21-5-3-2-4-6-21)31(30,25(22)16-24)13-14-32(27)18-20-7-8-20/h2-6,9-10,16,20,23,26-28H,7-8,11-15,17-19H2,1H3/t23-,26?,27?,28?,30?,31?/m0/s1. The Bertz CT molecular complexity index is 1190. The van der Waals surface area contributed by atoms with Crippen molar-refractivity contribution in [1.29, 1.82) is 0 Å². The Balaban J connectivity index is 1.25. The first kappa shape index (κ1) is 20.8. The number of fused-ring (bicyclic) bond motifs is 1. The summed E-state index contributed by atoms with van der Waals surface area (Å²) in [6.07, 6.45) is 9.06. The first-order valence-electron chi connectivity index (χ1n) is 13.9. The van der Waals surface area contributed by atoms with Crippen molar-refractivity contribution in [3.63, 3.8) is 0 Å². The summed E-state index contributed by atoms with van der Waals surface area (Å²) in [5, 5.41) is 0. The Hall–Kier alpha value is -2.33. The summed E-state index contributed by atoms with van der Waals surface area (Å²) in [4.78, 5) is 18.9. The number of likely N-dealkylation sites (tertiary alicyclic amines) is 2. The zero-order valence-corrected chi connectivity index (χ0v) is 20.8. The third-order valence-corrected chi connectivity index (χ3v) is 11.3. The Morgan fingerprint density at radius 2 is 1.94 bits per heavy atom. The molecule has 2 aromatic carbocycles. The number of methoxy groups -OCH3 is 1. The van der Waals surface area contributed by atoms with Gasteiger partial charge < -0.3 is 9.64 Å². The van der Waals surface area contributed by atoms with Gasteiger partial charge >= 0.3 is 0 Å². The minimum atomic E-state index is 0.194. The van der Waals surface area contributed by atoms with E-state index in [1.54, 1.807) is 18.2 Å². The van der Waals surface area contributed by atoms with Crippen LogP contribution in [0.1, 0.15) is 60.0 Å². The van der Waals surface area contributed by atoms with E-state index >= 15 is 0 Å². The summed E-state index contributed by atoms with van der Waals surface area (Å²) < 4.78 is 5.78. The maximum absolute atomic E-state index is 13.7. The van der Waals surface area contributed by atoms with E-state index in [2.05, 4.69) is 28.0 Å². The highest BCUT2D eigenvalue weighted by atomic mass is 16.5. The first-order chi connectivity index (χ1) is 17.1. The maximum Gasteiger partial charge on any atom is 0.254 e. The van der Waals surface area contributed by atoms with Gasteiger partial charge in [0.15, 0.2) is 0 Å². The van der Waals surface area contributed by atoms with Gasteiger partial charge in [0, 0.05) is 36.2 Å². The molecular weight excluding hydrogens is 432 g/mol. The van der Waals surface area contributed by atoms with Crippen molar-refractivity contribution in [3.05, 3.63) is 65.2 Å². The van der Waals surface area contributed by atoms with E-state index in [4.69, 9.17) is 4.74 Å². The smallest absolute Gasteiger partial charge is 0.254 e. The quantitative estimate of drug-likeness (QED) is 0.639. The fourth-order valence-electron chi connectivity index (χ4n) is 10.0. The molecular formula is C31H36N2O2. The molecule has 2 saturated heterocycles. The van der Waals surface area contributed by atoms with E-state index in [-0.39, 0.29) is 11.3 Å². The molecule has 0 N–H and O–H groups in total. The molecule has 8 rings (SSSR count). The van der Waals surface area contributed by atoms with Crippen LogP contribution in [0, 0.1) is 23.2 Å². The van der Waals surface area contributed by atoms with Gasteiger partial charge in [-0.25, -0.2) is 0 Å². The topological polar surface area (TPSA) is 32.8 Å². The summed E-state index contributed by atoms with van der Waals surface area (Å²) in [5.74, 6) is 3.39. The molecule has 2 aromatic rings. The average molecular weight is 469 g/mol. The first-order valence-corrected chi connectivity index (χ1v) is 13.9. The molecule has 4 aliphatic carbocycles. The second-order valence-corrected chi connectivity index (χ2v) is 12.5. The molecule has 5 unspecified atom stereocenters. The third-order valence-electron chi connectivity index (χ3n) is 11.3. The molecule has 0 radical (unpaired) electrons. The van der Waals surface area contributed by atoms with E-state index in [9.17, 15) is 4.79 Å². The summed E-state index contributed by atoms with van der Waals surface area (Å²) in [6, 6.07) is 18.0. The lowest BCUT2D eigenvalue weighted by molar-refractivity contribution is -0.102. The van der Waals surface area contributed by atoms with Crippen molar-refractivity contribution in [2.45, 2.75) is 62.4 Å². The molecule has 4 heteroatoms. The van der Waals surface area contributed by atoms with Crippen molar-refractivity contribution >= 4 is 5.91 Å².